The van der Waals surface area contributed by atoms with E-state index in [9.17, 15) is 14.9 Å². The molecule has 0 spiro atoms. The summed E-state index contributed by atoms with van der Waals surface area (Å²) in [6.07, 6.45) is 2.94. The summed E-state index contributed by atoms with van der Waals surface area (Å²) in [6.45, 7) is 1.70. The molecule has 0 atom stereocenters. The highest BCUT2D eigenvalue weighted by Crippen LogP contribution is 2.28. The van der Waals surface area contributed by atoms with E-state index >= 15 is 0 Å². The van der Waals surface area contributed by atoms with Gasteiger partial charge in [-0.3, -0.25) is 14.9 Å². The van der Waals surface area contributed by atoms with Crippen molar-refractivity contribution in [2.45, 2.75) is 6.92 Å². The number of fused-ring (bicyclic) bond motifs is 1. The number of hydrogen-bond donors (Lipinski definition) is 1. The molecule has 0 aliphatic heterocycles. The van der Waals surface area contributed by atoms with Gasteiger partial charge in [-0.2, -0.15) is 0 Å². The van der Waals surface area contributed by atoms with E-state index in [2.05, 4.69) is 4.98 Å². The minimum atomic E-state index is -0.476. The zero-order valence-corrected chi connectivity index (χ0v) is 10.5. The smallest absolute Gasteiger partial charge is 0.293 e. The van der Waals surface area contributed by atoms with E-state index in [0.717, 1.165) is 0 Å². The molecule has 0 aliphatic carbocycles. The van der Waals surface area contributed by atoms with E-state index in [1.54, 1.807) is 25.1 Å². The Kier molecular flexibility index (Phi) is 2.64. The molecule has 6 nitrogen and oxygen atoms in total. The number of nitrogens with zero attached hydrogens (tertiary/aromatic N) is 1. The Hall–Kier alpha value is -2.89. The van der Waals surface area contributed by atoms with Gasteiger partial charge in [0, 0.05) is 23.2 Å². The molecule has 3 rings (SSSR count). The standard InChI is InChI=1S/C14H10N2O4/c1-8-9(5-6-20-8)14(17)11-7-15-13-10(11)3-2-4-12(13)16(18)19/h2-7,15H,1H3. The van der Waals surface area contributed by atoms with Gasteiger partial charge in [0.25, 0.3) is 5.69 Å². The summed E-state index contributed by atoms with van der Waals surface area (Å²) >= 11 is 0. The summed E-state index contributed by atoms with van der Waals surface area (Å²) in [5, 5.41) is 11.5. The van der Waals surface area contributed by atoms with E-state index < -0.39 is 4.92 Å². The van der Waals surface area contributed by atoms with Gasteiger partial charge in [-0.05, 0) is 13.0 Å². The first kappa shape index (κ1) is 12.2. The second-order valence-electron chi connectivity index (χ2n) is 4.38. The number of rotatable bonds is 3. The summed E-state index contributed by atoms with van der Waals surface area (Å²) in [5.41, 5.74) is 1.15. The van der Waals surface area contributed by atoms with Crippen molar-refractivity contribution in [3.05, 3.63) is 63.7 Å². The van der Waals surface area contributed by atoms with Crippen LogP contribution in [0.5, 0.6) is 0 Å². The topological polar surface area (TPSA) is 89.1 Å². The Morgan fingerprint density at radius 2 is 2.10 bits per heavy atom. The first-order chi connectivity index (χ1) is 9.59. The normalized spacial score (nSPS) is 10.8. The summed E-state index contributed by atoms with van der Waals surface area (Å²) in [7, 11) is 0. The number of aromatic amines is 1. The molecule has 3 aromatic rings. The van der Waals surface area contributed by atoms with Crippen molar-refractivity contribution in [2.75, 3.05) is 0 Å². The minimum Gasteiger partial charge on any atom is -0.469 e. The van der Waals surface area contributed by atoms with Crippen molar-refractivity contribution < 1.29 is 14.1 Å². The number of hydrogen-bond acceptors (Lipinski definition) is 4. The van der Waals surface area contributed by atoms with Crippen LogP contribution >= 0.6 is 0 Å². The predicted molar refractivity (Wildman–Crippen MR) is 71.8 cm³/mol. The van der Waals surface area contributed by atoms with Gasteiger partial charge in [-0.25, -0.2) is 0 Å². The van der Waals surface area contributed by atoms with Crippen LogP contribution in [-0.4, -0.2) is 15.7 Å². The van der Waals surface area contributed by atoms with Gasteiger partial charge in [-0.15, -0.1) is 0 Å². The lowest BCUT2D eigenvalue weighted by Crippen LogP contribution is -2.00. The number of nitro benzene ring substituents is 1. The number of benzene rings is 1. The third-order valence-corrected chi connectivity index (χ3v) is 3.24. The maximum atomic E-state index is 12.4. The predicted octanol–water partition coefficient (Wildman–Crippen LogP) is 3.21. The molecule has 1 N–H and O–H groups in total. The number of carbonyl (C=O) groups is 1. The molecular weight excluding hydrogens is 260 g/mol. The Balaban J connectivity index is 2.19. The Morgan fingerprint density at radius 3 is 2.75 bits per heavy atom. The lowest BCUT2D eigenvalue weighted by Gasteiger charge is -1.98. The maximum Gasteiger partial charge on any atom is 0.293 e. The molecule has 0 unspecified atom stereocenters. The van der Waals surface area contributed by atoms with Gasteiger partial charge in [0.2, 0.25) is 0 Å². The van der Waals surface area contributed by atoms with Gasteiger partial charge in [0.1, 0.15) is 11.3 Å². The van der Waals surface area contributed by atoms with Crippen LogP contribution in [0.15, 0.2) is 41.1 Å². The highest BCUT2D eigenvalue weighted by atomic mass is 16.6. The number of nitrogens with one attached hydrogen (secondary N) is 1. The molecular formula is C14H10N2O4. The second kappa shape index (κ2) is 4.34. The van der Waals surface area contributed by atoms with Crippen LogP contribution in [0, 0.1) is 17.0 Å². The van der Waals surface area contributed by atoms with Gasteiger partial charge in [-0.1, -0.05) is 12.1 Å². The number of aryl methyl sites for hydroxylation is 1. The number of nitro groups is 1. The number of H-pyrrole nitrogens is 1. The zero-order valence-electron chi connectivity index (χ0n) is 10.5. The Morgan fingerprint density at radius 1 is 1.30 bits per heavy atom. The maximum absolute atomic E-state index is 12.4. The molecule has 0 saturated heterocycles. The minimum absolute atomic E-state index is 0.0505. The average Bonchev–Trinajstić information content (AvgIpc) is 3.03. The number of ketones is 1. The molecule has 2 aromatic heterocycles. The van der Waals surface area contributed by atoms with Crippen molar-refractivity contribution in [1.82, 2.24) is 4.98 Å². The van der Waals surface area contributed by atoms with E-state index in [1.807, 2.05) is 0 Å². The van der Waals surface area contributed by atoms with Crippen molar-refractivity contribution >= 4 is 22.4 Å². The third kappa shape index (κ3) is 1.70. The fourth-order valence-electron chi connectivity index (χ4n) is 2.24. The quantitative estimate of drug-likeness (QED) is 0.449. The number of carbonyl (C=O) groups excluding carboxylic acids is 1. The Bertz CT molecular complexity index is 829. The molecule has 0 amide bonds. The summed E-state index contributed by atoms with van der Waals surface area (Å²) in [5.74, 6) is 0.303. The van der Waals surface area contributed by atoms with Crippen LogP contribution in [-0.2, 0) is 0 Å². The van der Waals surface area contributed by atoms with Gasteiger partial charge in [0.05, 0.1) is 16.7 Å². The highest BCUT2D eigenvalue weighted by Gasteiger charge is 2.21. The first-order valence-electron chi connectivity index (χ1n) is 5.93. The molecule has 0 saturated carbocycles. The fourth-order valence-corrected chi connectivity index (χ4v) is 2.24. The SMILES string of the molecule is Cc1occc1C(=O)c1c[nH]c2c([N+](=O)[O-])cccc12. The number of non-ortho nitro benzene ring substituents is 1. The molecule has 0 fully saturated rings. The summed E-state index contributed by atoms with van der Waals surface area (Å²) in [6, 6.07) is 6.23. The molecule has 100 valence electrons. The van der Waals surface area contributed by atoms with Crippen molar-refractivity contribution in [3.63, 3.8) is 0 Å². The van der Waals surface area contributed by atoms with E-state index in [-0.39, 0.29) is 11.5 Å². The Labute approximate surface area is 113 Å². The van der Waals surface area contributed by atoms with E-state index in [4.69, 9.17) is 4.42 Å². The van der Waals surface area contributed by atoms with Crippen LogP contribution < -0.4 is 0 Å². The van der Waals surface area contributed by atoms with Crippen LogP contribution in [0.2, 0.25) is 0 Å². The van der Waals surface area contributed by atoms with Gasteiger partial charge >= 0.3 is 0 Å². The first-order valence-corrected chi connectivity index (χ1v) is 5.93. The molecule has 1 aromatic carbocycles. The summed E-state index contributed by atoms with van der Waals surface area (Å²) < 4.78 is 5.12. The second-order valence-corrected chi connectivity index (χ2v) is 4.38. The largest absolute Gasteiger partial charge is 0.469 e. The van der Waals surface area contributed by atoms with Crippen LogP contribution in [0.1, 0.15) is 21.7 Å². The van der Waals surface area contributed by atoms with Gasteiger partial charge in [0.15, 0.2) is 5.78 Å². The molecule has 0 aliphatic rings. The monoisotopic (exact) mass is 270 g/mol. The molecule has 20 heavy (non-hydrogen) atoms. The van der Waals surface area contributed by atoms with Crippen LogP contribution in [0.25, 0.3) is 10.9 Å². The number of para-hydroxylation sites is 1. The van der Waals surface area contributed by atoms with E-state index in [0.29, 0.717) is 27.8 Å². The molecule has 0 radical (unpaired) electrons. The third-order valence-electron chi connectivity index (χ3n) is 3.24. The lowest BCUT2D eigenvalue weighted by atomic mass is 10.0. The van der Waals surface area contributed by atoms with Crippen molar-refractivity contribution in [2.24, 2.45) is 0 Å². The van der Waals surface area contributed by atoms with Crippen molar-refractivity contribution in [1.29, 1.82) is 0 Å². The van der Waals surface area contributed by atoms with Crippen LogP contribution in [0.4, 0.5) is 5.69 Å². The number of furan rings is 1. The number of aromatic nitrogens is 1. The summed E-state index contributed by atoms with van der Waals surface area (Å²) in [4.78, 5) is 25.7. The van der Waals surface area contributed by atoms with Crippen molar-refractivity contribution in [3.8, 4) is 0 Å². The fraction of sp³-hybridized carbons (Fsp3) is 0.0714. The molecule has 2 heterocycles. The van der Waals surface area contributed by atoms with Crippen LogP contribution in [0.3, 0.4) is 0 Å². The van der Waals surface area contributed by atoms with Gasteiger partial charge < -0.3 is 9.40 Å². The zero-order chi connectivity index (χ0) is 14.3. The molecule has 6 heteroatoms. The average molecular weight is 270 g/mol. The highest BCUT2D eigenvalue weighted by molar-refractivity contribution is 6.17. The van der Waals surface area contributed by atoms with E-state index in [1.165, 1.54) is 18.5 Å². The lowest BCUT2D eigenvalue weighted by molar-refractivity contribution is -0.383. The molecule has 0 bridgehead atoms.